The van der Waals surface area contributed by atoms with Gasteiger partial charge in [0.15, 0.2) is 11.6 Å². The van der Waals surface area contributed by atoms with Gasteiger partial charge in [0.1, 0.15) is 0 Å². The molecule has 0 heterocycles. The molecule has 1 aliphatic rings. The Morgan fingerprint density at radius 1 is 0.758 bits per heavy atom. The van der Waals surface area contributed by atoms with Gasteiger partial charge in [-0.3, -0.25) is 9.59 Å². The van der Waals surface area contributed by atoms with Crippen LogP contribution in [0.25, 0.3) is 0 Å². The van der Waals surface area contributed by atoms with Crippen molar-refractivity contribution in [2.45, 2.75) is 80.6 Å². The van der Waals surface area contributed by atoms with Crippen LogP contribution in [0, 0.1) is 5.92 Å². The molecule has 2 heteroatoms. The van der Waals surface area contributed by atoms with Crippen LogP contribution in [0.2, 0.25) is 0 Å². The number of rotatable bonds is 10. The first-order valence-electron chi connectivity index (χ1n) is 12.1. The summed E-state index contributed by atoms with van der Waals surface area (Å²) in [4.78, 5) is 26.6. The van der Waals surface area contributed by atoms with E-state index in [1.807, 2.05) is 19.1 Å². The summed E-state index contributed by atoms with van der Waals surface area (Å²) in [6.07, 6.45) is 13.7. The summed E-state index contributed by atoms with van der Waals surface area (Å²) < 4.78 is 0. The van der Waals surface area contributed by atoms with Crippen molar-refractivity contribution < 1.29 is 9.59 Å². The summed E-state index contributed by atoms with van der Waals surface area (Å²) in [6, 6.07) is 7.21. The van der Waals surface area contributed by atoms with Crippen molar-refractivity contribution in [2.24, 2.45) is 5.92 Å². The number of benzene rings is 1. The van der Waals surface area contributed by atoms with Crippen LogP contribution in [0.15, 0.2) is 82.0 Å². The number of fused-ring (bicyclic) bond motifs is 1. The quantitative estimate of drug-likeness (QED) is 0.338. The van der Waals surface area contributed by atoms with Gasteiger partial charge in [-0.1, -0.05) is 70.9 Å². The first-order chi connectivity index (χ1) is 15.6. The lowest BCUT2D eigenvalue weighted by Gasteiger charge is -2.24. The molecule has 2 nitrogen and oxygen atoms in total. The van der Waals surface area contributed by atoms with Gasteiger partial charge in [-0.05, 0) is 80.6 Å². The van der Waals surface area contributed by atoms with Gasteiger partial charge in [-0.15, -0.1) is 0 Å². The minimum atomic E-state index is -0.0973. The molecule has 1 unspecified atom stereocenters. The van der Waals surface area contributed by atoms with E-state index >= 15 is 0 Å². The molecule has 0 aromatic heterocycles. The van der Waals surface area contributed by atoms with E-state index in [1.165, 1.54) is 22.3 Å². The van der Waals surface area contributed by atoms with Gasteiger partial charge >= 0.3 is 0 Å². The molecular formula is C31H40O2. The summed E-state index contributed by atoms with van der Waals surface area (Å²) in [7, 11) is 0. The van der Waals surface area contributed by atoms with Crippen LogP contribution in [0.5, 0.6) is 0 Å². The lowest BCUT2D eigenvalue weighted by Crippen LogP contribution is -2.25. The van der Waals surface area contributed by atoms with Crippen molar-refractivity contribution in [1.29, 1.82) is 0 Å². The molecule has 176 valence electrons. The molecule has 0 saturated heterocycles. The molecule has 0 fully saturated rings. The molecule has 0 aliphatic heterocycles. The Balaban J connectivity index is 2.38. The smallest absolute Gasteiger partial charge is 0.190 e. The SMILES string of the molecule is CC(C)=CCC/C(C)=C/CC(/C=C(\C)CCC=C(C)C)C1=C(C)C(=O)c2ccccc2C1=O. The van der Waals surface area contributed by atoms with Gasteiger partial charge in [0.05, 0.1) is 0 Å². The molecule has 33 heavy (non-hydrogen) atoms. The van der Waals surface area contributed by atoms with Crippen molar-refractivity contribution >= 4 is 11.6 Å². The van der Waals surface area contributed by atoms with E-state index < -0.39 is 0 Å². The topological polar surface area (TPSA) is 34.1 Å². The fourth-order valence-electron chi connectivity index (χ4n) is 4.27. The maximum absolute atomic E-state index is 13.5. The molecule has 1 aliphatic carbocycles. The maximum Gasteiger partial charge on any atom is 0.190 e. The normalized spacial score (nSPS) is 15.4. The number of hydrogen-bond acceptors (Lipinski definition) is 2. The second kappa shape index (κ2) is 12.5. The maximum atomic E-state index is 13.5. The van der Waals surface area contributed by atoms with E-state index in [4.69, 9.17) is 0 Å². The largest absolute Gasteiger partial charge is 0.289 e. The first kappa shape index (κ1) is 26.5. The van der Waals surface area contributed by atoms with Crippen LogP contribution in [-0.4, -0.2) is 11.6 Å². The molecular weight excluding hydrogens is 404 g/mol. The van der Waals surface area contributed by atoms with Gasteiger partial charge in [0.2, 0.25) is 0 Å². The van der Waals surface area contributed by atoms with Crippen molar-refractivity contribution in [3.63, 3.8) is 0 Å². The third-order valence-electron chi connectivity index (χ3n) is 6.16. The Morgan fingerprint density at radius 2 is 1.27 bits per heavy atom. The Kier molecular flexibility index (Phi) is 10.0. The van der Waals surface area contributed by atoms with E-state index in [0.29, 0.717) is 22.3 Å². The predicted octanol–water partition coefficient (Wildman–Crippen LogP) is 8.77. The molecule has 0 radical (unpaired) electrons. The zero-order chi connectivity index (χ0) is 24.5. The fraction of sp³-hybridized carbons (Fsp3) is 0.419. The first-order valence-corrected chi connectivity index (χ1v) is 12.1. The lowest BCUT2D eigenvalue weighted by molar-refractivity contribution is 0.0968. The molecule has 2 rings (SSSR count). The van der Waals surface area contributed by atoms with E-state index in [0.717, 1.165) is 32.1 Å². The van der Waals surface area contributed by atoms with Crippen molar-refractivity contribution in [3.05, 3.63) is 93.1 Å². The molecule has 0 spiro atoms. The van der Waals surface area contributed by atoms with E-state index in [9.17, 15) is 9.59 Å². The molecule has 0 saturated carbocycles. The summed E-state index contributed by atoms with van der Waals surface area (Å²) in [6.45, 7) is 14.6. The van der Waals surface area contributed by atoms with Crippen LogP contribution in [0.1, 0.15) is 101 Å². The highest BCUT2D eigenvalue weighted by Gasteiger charge is 2.32. The Hall–Kier alpha value is -2.74. The Labute approximate surface area is 200 Å². The zero-order valence-electron chi connectivity index (χ0n) is 21.5. The number of hydrogen-bond donors (Lipinski definition) is 0. The Morgan fingerprint density at radius 3 is 1.82 bits per heavy atom. The van der Waals surface area contributed by atoms with Gasteiger partial charge < -0.3 is 0 Å². The van der Waals surface area contributed by atoms with Crippen LogP contribution >= 0.6 is 0 Å². The number of carbonyl (C=O) groups is 2. The minimum Gasteiger partial charge on any atom is -0.289 e. The standard InChI is InChI=1S/C31H40O2/c1-21(2)12-10-14-23(5)18-19-26(20-24(6)15-11-13-22(3)4)29-25(7)30(32)27-16-8-9-17-28(27)31(29)33/h8-9,12-13,16-18,20,26H,10-11,14-15,19H2,1-7H3/b23-18+,24-20+. The summed E-state index contributed by atoms with van der Waals surface area (Å²) >= 11 is 0. The van der Waals surface area contributed by atoms with Crippen LogP contribution in [0.3, 0.4) is 0 Å². The van der Waals surface area contributed by atoms with Crippen LogP contribution in [-0.2, 0) is 0 Å². The summed E-state index contributed by atoms with van der Waals surface area (Å²) in [5, 5.41) is 0. The molecule has 1 aromatic carbocycles. The highest BCUT2D eigenvalue weighted by Crippen LogP contribution is 2.34. The van der Waals surface area contributed by atoms with E-state index in [1.54, 1.807) is 12.1 Å². The molecule has 0 bridgehead atoms. The van der Waals surface area contributed by atoms with E-state index in [-0.39, 0.29) is 17.5 Å². The second-order valence-electron chi connectivity index (χ2n) is 9.79. The number of ketones is 2. The third kappa shape index (κ3) is 7.67. The van der Waals surface area contributed by atoms with Gasteiger partial charge in [0, 0.05) is 28.2 Å². The van der Waals surface area contributed by atoms with Gasteiger partial charge in [-0.25, -0.2) is 0 Å². The molecule has 1 aromatic rings. The summed E-state index contributed by atoms with van der Waals surface area (Å²) in [5.74, 6) is -0.124. The second-order valence-corrected chi connectivity index (χ2v) is 9.79. The average molecular weight is 445 g/mol. The fourth-order valence-corrected chi connectivity index (χ4v) is 4.27. The molecule has 0 amide bonds. The van der Waals surface area contributed by atoms with Crippen molar-refractivity contribution in [2.75, 3.05) is 0 Å². The number of Topliss-reactive ketones (excluding diaryl/α,β-unsaturated/α-hetero) is 2. The van der Waals surface area contributed by atoms with Crippen LogP contribution < -0.4 is 0 Å². The highest BCUT2D eigenvalue weighted by atomic mass is 16.1. The third-order valence-corrected chi connectivity index (χ3v) is 6.16. The zero-order valence-corrected chi connectivity index (χ0v) is 21.5. The van der Waals surface area contributed by atoms with E-state index in [2.05, 4.69) is 65.8 Å². The number of carbonyl (C=O) groups excluding carboxylic acids is 2. The average Bonchev–Trinajstić information content (AvgIpc) is 2.75. The minimum absolute atomic E-state index is 0.00311. The van der Waals surface area contributed by atoms with Crippen molar-refractivity contribution in [1.82, 2.24) is 0 Å². The number of allylic oxidation sites excluding steroid dienone is 10. The van der Waals surface area contributed by atoms with Gasteiger partial charge in [-0.2, -0.15) is 0 Å². The highest BCUT2D eigenvalue weighted by molar-refractivity contribution is 6.27. The predicted molar refractivity (Wildman–Crippen MR) is 141 cm³/mol. The Bertz CT molecular complexity index is 1030. The van der Waals surface area contributed by atoms with Gasteiger partial charge in [0.25, 0.3) is 0 Å². The van der Waals surface area contributed by atoms with Crippen LogP contribution in [0.4, 0.5) is 0 Å². The monoisotopic (exact) mass is 444 g/mol. The summed E-state index contributed by atoms with van der Waals surface area (Å²) in [5.41, 5.74) is 7.54. The van der Waals surface area contributed by atoms with Crippen molar-refractivity contribution in [3.8, 4) is 0 Å². The lowest BCUT2D eigenvalue weighted by atomic mass is 9.77. The molecule has 1 atom stereocenters. The molecule has 0 N–H and O–H groups in total.